The fraction of sp³-hybridized carbons (Fsp3) is 0.524. The molecule has 1 aromatic rings. The van der Waals surface area contributed by atoms with Crippen molar-refractivity contribution in [3.8, 4) is 0 Å². The topological polar surface area (TPSA) is 27.3 Å². The van der Waals surface area contributed by atoms with E-state index in [0.29, 0.717) is 11.8 Å². The smallest absolute Gasteiger partial charge is 0.128 e. The molecule has 25 heavy (non-hydrogen) atoms. The molecule has 1 saturated carbocycles. The van der Waals surface area contributed by atoms with Gasteiger partial charge in [0, 0.05) is 20.0 Å². The Morgan fingerprint density at radius 1 is 1.04 bits per heavy atom. The molecule has 134 valence electrons. The number of allylic oxidation sites excluding steroid dienone is 4. The highest BCUT2D eigenvalue weighted by molar-refractivity contribution is 6.76. The Balaban J connectivity index is 1.57. The summed E-state index contributed by atoms with van der Waals surface area (Å²) in [5.41, 5.74) is 5.17. The second-order valence-electron chi connectivity index (χ2n) is 8.43. The summed E-state index contributed by atoms with van der Waals surface area (Å²) in [7, 11) is -1.49. The Morgan fingerprint density at radius 3 is 2.48 bits per heavy atom. The first-order chi connectivity index (χ1) is 12.1. The average molecular weight is 354 g/mol. The van der Waals surface area contributed by atoms with E-state index in [9.17, 15) is 0 Å². The lowest BCUT2D eigenvalue weighted by molar-refractivity contribution is 0.283. The van der Waals surface area contributed by atoms with E-state index in [1.54, 1.807) is 5.57 Å². The molecule has 1 aromatic carbocycles. The normalized spacial score (nSPS) is 30.2. The number of aryl methyl sites for hydroxylation is 1. The minimum absolute atomic E-state index is 0.704. The number of nitrogens with one attached hydrogen (secondary N) is 2. The molecule has 3 nitrogen and oxygen atoms in total. The van der Waals surface area contributed by atoms with E-state index in [4.69, 9.17) is 0 Å². The lowest BCUT2D eigenvalue weighted by atomic mass is 9.81. The fourth-order valence-corrected chi connectivity index (χ4v) is 8.78. The van der Waals surface area contributed by atoms with E-state index >= 15 is 0 Å². The number of fused-ring (bicyclic) bond motifs is 1. The van der Waals surface area contributed by atoms with Crippen molar-refractivity contribution in [3.63, 3.8) is 0 Å². The summed E-state index contributed by atoms with van der Waals surface area (Å²) in [5.74, 6) is 1.42. The summed E-state index contributed by atoms with van der Waals surface area (Å²) in [5, 5.41) is 6.99. The van der Waals surface area contributed by atoms with Crippen LogP contribution in [0.2, 0.25) is 18.6 Å². The van der Waals surface area contributed by atoms with Crippen LogP contribution in [-0.2, 0) is 0 Å². The van der Waals surface area contributed by atoms with Gasteiger partial charge in [0.15, 0.2) is 0 Å². The first-order valence-corrected chi connectivity index (χ1v) is 12.7. The van der Waals surface area contributed by atoms with Gasteiger partial charge in [-0.25, -0.2) is 0 Å². The van der Waals surface area contributed by atoms with Gasteiger partial charge < -0.3 is 0 Å². The second-order valence-corrected chi connectivity index (χ2v) is 13.1. The van der Waals surface area contributed by atoms with Crippen LogP contribution in [-0.4, -0.2) is 32.8 Å². The lowest BCUT2D eigenvalue weighted by Gasteiger charge is -2.45. The largest absolute Gasteiger partial charge is 0.299 e. The van der Waals surface area contributed by atoms with Gasteiger partial charge in [0.05, 0.1) is 0 Å². The summed E-state index contributed by atoms with van der Waals surface area (Å²) in [4.78, 5) is 0. The maximum absolute atomic E-state index is 3.50. The van der Waals surface area contributed by atoms with E-state index in [1.807, 2.05) is 0 Å². The number of nitrogens with zero attached hydrogens (tertiary/aromatic N) is 1. The Kier molecular flexibility index (Phi) is 4.71. The molecule has 2 fully saturated rings. The van der Waals surface area contributed by atoms with Crippen LogP contribution in [0.25, 0.3) is 5.57 Å². The molecule has 0 amide bonds. The van der Waals surface area contributed by atoms with Crippen molar-refractivity contribution in [1.29, 1.82) is 0 Å². The Labute approximate surface area is 153 Å². The van der Waals surface area contributed by atoms with Crippen LogP contribution >= 0.6 is 0 Å². The van der Waals surface area contributed by atoms with Crippen LogP contribution in [0.3, 0.4) is 0 Å². The highest BCUT2D eigenvalue weighted by Crippen LogP contribution is 2.54. The lowest BCUT2D eigenvalue weighted by Crippen LogP contribution is -2.63. The summed E-state index contributed by atoms with van der Waals surface area (Å²) >= 11 is 0. The van der Waals surface area contributed by atoms with Gasteiger partial charge in [-0.2, -0.15) is 0 Å². The standard InChI is InChI=1S/C21H31N3Si/c1-16-7-9-17(10-8-16)18-5-4-6-20-19(18)11-12-21(20)25(2,3)24-14-22-13-23-15-24/h4-10,19-23H,11-15H2,1-3H3. The molecule has 2 N–H and O–H groups in total. The molecule has 0 bridgehead atoms. The van der Waals surface area contributed by atoms with Gasteiger partial charge >= 0.3 is 0 Å². The SMILES string of the molecule is Cc1ccc(C2=CC=CC3C2CCC3[Si](C)(C)N2CNCNC2)cc1. The molecule has 3 unspecified atom stereocenters. The monoisotopic (exact) mass is 353 g/mol. The van der Waals surface area contributed by atoms with Gasteiger partial charge in [-0.1, -0.05) is 67.6 Å². The molecule has 4 heteroatoms. The van der Waals surface area contributed by atoms with E-state index in [0.717, 1.165) is 25.5 Å². The van der Waals surface area contributed by atoms with Crippen LogP contribution in [0.1, 0.15) is 24.0 Å². The molecule has 2 aliphatic carbocycles. The summed E-state index contributed by atoms with van der Waals surface area (Å²) in [6.07, 6.45) is 9.92. The van der Waals surface area contributed by atoms with Crippen LogP contribution < -0.4 is 10.6 Å². The van der Waals surface area contributed by atoms with Crippen molar-refractivity contribution in [2.45, 2.75) is 38.4 Å². The molecule has 0 aromatic heterocycles. The highest BCUT2D eigenvalue weighted by Gasteiger charge is 2.48. The van der Waals surface area contributed by atoms with E-state index in [2.05, 4.69) is 77.7 Å². The molecule has 3 atom stereocenters. The van der Waals surface area contributed by atoms with Crippen molar-refractivity contribution in [1.82, 2.24) is 15.2 Å². The molecule has 3 aliphatic rings. The maximum atomic E-state index is 3.50. The minimum atomic E-state index is -1.49. The second kappa shape index (κ2) is 6.84. The number of benzene rings is 1. The van der Waals surface area contributed by atoms with E-state index < -0.39 is 8.24 Å². The van der Waals surface area contributed by atoms with Crippen LogP contribution in [0.15, 0.2) is 42.5 Å². The highest BCUT2D eigenvalue weighted by atomic mass is 28.3. The molecular formula is C21H31N3Si. The Hall–Kier alpha value is -1.20. The first kappa shape index (κ1) is 17.2. The molecule has 1 heterocycles. The Bertz CT molecular complexity index is 671. The summed E-state index contributed by atoms with van der Waals surface area (Å²) < 4.78 is 2.71. The predicted molar refractivity (Wildman–Crippen MR) is 108 cm³/mol. The summed E-state index contributed by atoms with van der Waals surface area (Å²) in [6.45, 7) is 10.4. The summed E-state index contributed by atoms with van der Waals surface area (Å²) in [6, 6.07) is 9.12. The molecule has 1 aliphatic heterocycles. The van der Waals surface area contributed by atoms with Crippen molar-refractivity contribution >= 4 is 13.8 Å². The Morgan fingerprint density at radius 2 is 1.76 bits per heavy atom. The molecule has 1 saturated heterocycles. The zero-order valence-electron chi connectivity index (χ0n) is 15.8. The van der Waals surface area contributed by atoms with Gasteiger partial charge in [-0.15, -0.1) is 0 Å². The maximum Gasteiger partial charge on any atom is 0.128 e. The minimum Gasteiger partial charge on any atom is -0.299 e. The fourth-order valence-electron chi connectivity index (χ4n) is 5.12. The third-order valence-electron chi connectivity index (χ3n) is 6.69. The third kappa shape index (κ3) is 3.17. The van der Waals surface area contributed by atoms with Crippen LogP contribution in [0.5, 0.6) is 0 Å². The van der Waals surface area contributed by atoms with E-state index in [-0.39, 0.29) is 0 Å². The predicted octanol–water partition coefficient (Wildman–Crippen LogP) is 3.92. The average Bonchev–Trinajstić information content (AvgIpc) is 3.08. The molecular weight excluding hydrogens is 322 g/mol. The molecule has 0 spiro atoms. The zero-order valence-corrected chi connectivity index (χ0v) is 16.8. The number of hydrogen-bond donors (Lipinski definition) is 2. The number of hydrogen-bond acceptors (Lipinski definition) is 3. The van der Waals surface area contributed by atoms with Crippen LogP contribution in [0, 0.1) is 18.8 Å². The van der Waals surface area contributed by atoms with Crippen molar-refractivity contribution < 1.29 is 0 Å². The van der Waals surface area contributed by atoms with Gasteiger partial charge in [0.1, 0.15) is 8.24 Å². The van der Waals surface area contributed by atoms with Crippen LogP contribution in [0.4, 0.5) is 0 Å². The van der Waals surface area contributed by atoms with Gasteiger partial charge in [0.2, 0.25) is 0 Å². The third-order valence-corrected chi connectivity index (χ3v) is 11.1. The van der Waals surface area contributed by atoms with Gasteiger partial charge in [0.25, 0.3) is 0 Å². The first-order valence-electron chi connectivity index (χ1n) is 9.69. The van der Waals surface area contributed by atoms with Crippen molar-refractivity contribution in [2.24, 2.45) is 11.8 Å². The van der Waals surface area contributed by atoms with Crippen molar-refractivity contribution in [3.05, 3.63) is 53.6 Å². The van der Waals surface area contributed by atoms with Gasteiger partial charge in [-0.05, 0) is 41.9 Å². The van der Waals surface area contributed by atoms with E-state index in [1.165, 1.54) is 24.0 Å². The zero-order chi connectivity index (χ0) is 17.4. The number of rotatable bonds is 3. The quantitative estimate of drug-likeness (QED) is 0.807. The van der Waals surface area contributed by atoms with Gasteiger partial charge in [-0.3, -0.25) is 15.2 Å². The molecule has 0 radical (unpaired) electrons. The molecule has 4 rings (SSSR count). The van der Waals surface area contributed by atoms with Crippen molar-refractivity contribution in [2.75, 3.05) is 20.0 Å².